The van der Waals surface area contributed by atoms with Crippen molar-refractivity contribution in [2.45, 2.75) is 6.54 Å². The monoisotopic (exact) mass is 587 g/mol. The molecule has 0 unspecified atom stereocenters. The topological polar surface area (TPSA) is 25.5 Å². The molecular formula is C44H29NO. The SMILES string of the molecule is C=NCc1ccc2c(c1)oc1ccc(-c3cccc(-c4cccc(-c5ccc6c7ccccc7c7ccccc7c6c5)c4)c3)cc12. The lowest BCUT2D eigenvalue weighted by atomic mass is 9.91. The average molecular weight is 588 g/mol. The van der Waals surface area contributed by atoms with Crippen molar-refractivity contribution in [2.75, 3.05) is 0 Å². The number of hydrogen-bond acceptors (Lipinski definition) is 2. The van der Waals surface area contributed by atoms with Crippen molar-refractivity contribution in [3.05, 3.63) is 157 Å². The number of nitrogens with zero attached hydrogens (tertiary/aromatic N) is 1. The maximum atomic E-state index is 6.19. The molecule has 0 N–H and O–H groups in total. The Hall–Kier alpha value is -5.99. The van der Waals surface area contributed by atoms with E-state index in [-0.39, 0.29) is 0 Å². The number of aliphatic imine (C=N–C) groups is 1. The van der Waals surface area contributed by atoms with Gasteiger partial charge >= 0.3 is 0 Å². The van der Waals surface area contributed by atoms with E-state index in [4.69, 9.17) is 4.42 Å². The van der Waals surface area contributed by atoms with Gasteiger partial charge in [-0.25, -0.2) is 0 Å². The van der Waals surface area contributed by atoms with Gasteiger partial charge in [0.2, 0.25) is 0 Å². The third kappa shape index (κ3) is 4.30. The lowest BCUT2D eigenvalue weighted by molar-refractivity contribution is 0.668. The summed E-state index contributed by atoms with van der Waals surface area (Å²) in [7, 11) is 0. The molecule has 0 spiro atoms. The molecule has 9 rings (SSSR count). The van der Waals surface area contributed by atoms with Gasteiger partial charge < -0.3 is 4.42 Å². The fourth-order valence-electron chi connectivity index (χ4n) is 7.07. The summed E-state index contributed by atoms with van der Waals surface area (Å²) >= 11 is 0. The Bertz CT molecular complexity index is 2610. The average Bonchev–Trinajstić information content (AvgIpc) is 3.49. The molecule has 0 saturated heterocycles. The molecule has 0 saturated carbocycles. The minimum atomic E-state index is 0.585. The summed E-state index contributed by atoms with van der Waals surface area (Å²) in [6.07, 6.45) is 0. The van der Waals surface area contributed by atoms with E-state index in [1.807, 2.05) is 0 Å². The van der Waals surface area contributed by atoms with Gasteiger partial charge in [0.05, 0.1) is 6.54 Å². The summed E-state index contributed by atoms with van der Waals surface area (Å²) in [4.78, 5) is 4.02. The highest BCUT2D eigenvalue weighted by atomic mass is 16.3. The molecule has 2 nitrogen and oxygen atoms in total. The van der Waals surface area contributed by atoms with Gasteiger partial charge in [-0.15, -0.1) is 0 Å². The Morgan fingerprint density at radius 3 is 1.43 bits per heavy atom. The molecule has 46 heavy (non-hydrogen) atoms. The van der Waals surface area contributed by atoms with Crippen LogP contribution < -0.4 is 0 Å². The lowest BCUT2D eigenvalue weighted by Crippen LogP contribution is -1.86. The standard InChI is InChI=1S/C44H29NO/c1-45-27-28-16-19-40-42-26-34(18-21-43(42)46-44(40)22-28)32-11-7-9-30(24-32)29-8-6-10-31(23-29)33-17-20-39-37-14-3-2-12-35(37)36-13-4-5-15-38(36)41(39)25-33/h2-26H,1,27H2. The second-order valence-corrected chi connectivity index (χ2v) is 12.0. The van der Waals surface area contributed by atoms with Crippen molar-refractivity contribution in [3.8, 4) is 33.4 Å². The number of furan rings is 1. The summed E-state index contributed by atoms with van der Waals surface area (Å²) in [5.41, 5.74) is 10.0. The summed E-state index contributed by atoms with van der Waals surface area (Å²) in [6, 6.07) is 54.9. The van der Waals surface area contributed by atoms with Gasteiger partial charge in [-0.3, -0.25) is 4.99 Å². The molecule has 9 aromatic rings. The number of hydrogen-bond donors (Lipinski definition) is 0. The first-order valence-corrected chi connectivity index (χ1v) is 15.7. The predicted molar refractivity (Wildman–Crippen MR) is 196 cm³/mol. The van der Waals surface area contributed by atoms with Crippen LogP contribution in [0.2, 0.25) is 0 Å². The van der Waals surface area contributed by atoms with Crippen LogP contribution in [-0.4, -0.2) is 6.72 Å². The summed E-state index contributed by atoms with van der Waals surface area (Å²) in [5, 5.41) is 10.00. The molecular weight excluding hydrogens is 558 g/mol. The van der Waals surface area contributed by atoms with E-state index in [0.717, 1.165) is 27.5 Å². The van der Waals surface area contributed by atoms with Crippen molar-refractivity contribution >= 4 is 61.0 Å². The molecule has 1 aromatic heterocycles. The molecule has 0 aliphatic heterocycles. The molecule has 8 aromatic carbocycles. The quantitative estimate of drug-likeness (QED) is 0.145. The first-order chi connectivity index (χ1) is 22.7. The van der Waals surface area contributed by atoms with Gasteiger partial charge in [0.15, 0.2) is 0 Å². The van der Waals surface area contributed by atoms with Crippen molar-refractivity contribution in [2.24, 2.45) is 4.99 Å². The van der Waals surface area contributed by atoms with E-state index in [1.54, 1.807) is 0 Å². The Kier molecular flexibility index (Phi) is 6.07. The second-order valence-electron chi connectivity index (χ2n) is 12.0. The van der Waals surface area contributed by atoms with Crippen molar-refractivity contribution in [1.29, 1.82) is 0 Å². The van der Waals surface area contributed by atoms with Crippen molar-refractivity contribution < 1.29 is 4.42 Å². The third-order valence-electron chi connectivity index (χ3n) is 9.30. The van der Waals surface area contributed by atoms with Gasteiger partial charge in [0, 0.05) is 10.8 Å². The second kappa shape index (κ2) is 10.6. The van der Waals surface area contributed by atoms with Crippen LogP contribution in [0.1, 0.15) is 5.56 Å². The largest absolute Gasteiger partial charge is 0.456 e. The zero-order valence-electron chi connectivity index (χ0n) is 25.2. The molecule has 0 bridgehead atoms. The third-order valence-corrected chi connectivity index (χ3v) is 9.30. The van der Waals surface area contributed by atoms with E-state index < -0.39 is 0 Å². The molecule has 0 radical (unpaired) electrons. The molecule has 216 valence electrons. The fraction of sp³-hybridized carbons (Fsp3) is 0.0227. The zero-order chi connectivity index (χ0) is 30.6. The summed E-state index contributed by atoms with van der Waals surface area (Å²) < 4.78 is 6.19. The van der Waals surface area contributed by atoms with Crippen LogP contribution in [0, 0.1) is 0 Å². The van der Waals surface area contributed by atoms with E-state index in [0.29, 0.717) is 6.54 Å². The van der Waals surface area contributed by atoms with E-state index in [9.17, 15) is 0 Å². The molecule has 1 heterocycles. The first-order valence-electron chi connectivity index (χ1n) is 15.7. The summed E-state index contributed by atoms with van der Waals surface area (Å²) in [5.74, 6) is 0. The Morgan fingerprint density at radius 1 is 0.370 bits per heavy atom. The smallest absolute Gasteiger partial charge is 0.135 e. The van der Waals surface area contributed by atoms with Gasteiger partial charge in [0.1, 0.15) is 11.2 Å². The molecule has 0 fully saturated rings. The molecule has 0 aliphatic carbocycles. The Labute approximate surface area is 266 Å². The molecule has 0 aliphatic rings. The Morgan fingerprint density at radius 2 is 0.848 bits per heavy atom. The van der Waals surface area contributed by atoms with Gasteiger partial charge in [-0.2, -0.15) is 0 Å². The highest BCUT2D eigenvalue weighted by molar-refractivity contribution is 6.25. The van der Waals surface area contributed by atoms with Crippen LogP contribution in [0.15, 0.2) is 161 Å². The zero-order valence-corrected chi connectivity index (χ0v) is 25.2. The Balaban J connectivity index is 1.11. The number of benzene rings is 8. The van der Waals surface area contributed by atoms with Crippen LogP contribution in [-0.2, 0) is 6.54 Å². The number of fused-ring (bicyclic) bond motifs is 9. The van der Waals surface area contributed by atoms with E-state index in [2.05, 4.69) is 163 Å². The van der Waals surface area contributed by atoms with Crippen LogP contribution in [0.3, 0.4) is 0 Å². The van der Waals surface area contributed by atoms with Crippen LogP contribution >= 0.6 is 0 Å². The minimum Gasteiger partial charge on any atom is -0.456 e. The minimum absolute atomic E-state index is 0.585. The molecule has 0 amide bonds. The van der Waals surface area contributed by atoms with Gasteiger partial charge in [-0.05, 0) is 114 Å². The first kappa shape index (κ1) is 26.4. The lowest BCUT2D eigenvalue weighted by Gasteiger charge is -2.13. The van der Waals surface area contributed by atoms with Gasteiger partial charge in [-0.1, -0.05) is 115 Å². The van der Waals surface area contributed by atoms with Crippen LogP contribution in [0.25, 0.3) is 87.6 Å². The molecule has 2 heteroatoms. The fourth-order valence-corrected chi connectivity index (χ4v) is 7.07. The maximum absolute atomic E-state index is 6.19. The van der Waals surface area contributed by atoms with Crippen LogP contribution in [0.4, 0.5) is 0 Å². The molecule has 0 atom stereocenters. The van der Waals surface area contributed by atoms with Crippen molar-refractivity contribution in [3.63, 3.8) is 0 Å². The van der Waals surface area contributed by atoms with E-state index in [1.165, 1.54) is 65.7 Å². The normalized spacial score (nSPS) is 11.7. The maximum Gasteiger partial charge on any atom is 0.135 e. The highest BCUT2D eigenvalue weighted by Gasteiger charge is 2.12. The van der Waals surface area contributed by atoms with E-state index >= 15 is 0 Å². The predicted octanol–water partition coefficient (Wildman–Crippen LogP) is 12.2. The van der Waals surface area contributed by atoms with Gasteiger partial charge in [0.25, 0.3) is 0 Å². The highest BCUT2D eigenvalue weighted by Crippen LogP contribution is 2.38. The van der Waals surface area contributed by atoms with Crippen molar-refractivity contribution in [1.82, 2.24) is 0 Å². The summed E-state index contributed by atoms with van der Waals surface area (Å²) in [6.45, 7) is 4.21. The van der Waals surface area contributed by atoms with Crippen LogP contribution in [0.5, 0.6) is 0 Å². The number of rotatable bonds is 5.